The molecule has 0 nitrogen and oxygen atoms in total. The third-order valence-electron chi connectivity index (χ3n) is 2.36. The Kier molecular flexibility index (Phi) is 3.24. The van der Waals surface area contributed by atoms with E-state index >= 15 is 0 Å². The zero-order valence-corrected chi connectivity index (χ0v) is 7.27. The van der Waals surface area contributed by atoms with E-state index in [2.05, 4.69) is 20.3 Å². The summed E-state index contributed by atoms with van der Waals surface area (Å²) in [5.74, 6) is 1.95. The highest BCUT2D eigenvalue weighted by atomic mass is 14.2. The van der Waals surface area contributed by atoms with E-state index in [0.717, 1.165) is 11.8 Å². The van der Waals surface area contributed by atoms with Gasteiger partial charge in [0, 0.05) is 0 Å². The second-order valence-electron chi connectivity index (χ2n) is 3.94. The van der Waals surface area contributed by atoms with Gasteiger partial charge >= 0.3 is 0 Å². The highest BCUT2D eigenvalue weighted by Crippen LogP contribution is 2.27. The Balaban J connectivity index is 2.13. The lowest BCUT2D eigenvalue weighted by Gasteiger charge is -2.22. The molecule has 1 aliphatic carbocycles. The first-order valence-electron chi connectivity index (χ1n) is 4.60. The molecule has 0 aromatic heterocycles. The lowest BCUT2D eigenvalue weighted by atomic mass is 9.84. The van der Waals surface area contributed by atoms with E-state index in [0.29, 0.717) is 0 Å². The molecule has 0 aliphatic heterocycles. The summed E-state index contributed by atoms with van der Waals surface area (Å²) < 4.78 is 0. The average Bonchev–Trinajstić information content (AvgIpc) is 1.88. The van der Waals surface area contributed by atoms with Crippen molar-refractivity contribution in [2.24, 2.45) is 11.8 Å². The zero-order chi connectivity index (χ0) is 7.40. The third-order valence-corrected chi connectivity index (χ3v) is 2.36. The number of hydrogen-bond acceptors (Lipinski definition) is 0. The smallest absolute Gasteiger partial charge is 0.0386 e. The van der Waals surface area contributed by atoms with Gasteiger partial charge in [-0.25, -0.2) is 0 Å². The van der Waals surface area contributed by atoms with Crippen LogP contribution in [0.15, 0.2) is 0 Å². The standard InChI is InChI=1S/C10H19/c1-9(2)8-10-6-4-3-5-7-10/h3,9-10H,4-8H2,1-2H3. The van der Waals surface area contributed by atoms with Gasteiger partial charge in [0.05, 0.1) is 0 Å². The van der Waals surface area contributed by atoms with Crippen LogP contribution >= 0.6 is 0 Å². The number of hydrogen-bond donors (Lipinski definition) is 0. The van der Waals surface area contributed by atoms with E-state index < -0.39 is 0 Å². The predicted molar refractivity (Wildman–Crippen MR) is 45.7 cm³/mol. The van der Waals surface area contributed by atoms with Crippen molar-refractivity contribution in [2.75, 3.05) is 0 Å². The van der Waals surface area contributed by atoms with Crippen molar-refractivity contribution in [1.29, 1.82) is 0 Å². The lowest BCUT2D eigenvalue weighted by molar-refractivity contribution is 0.336. The first kappa shape index (κ1) is 8.10. The van der Waals surface area contributed by atoms with Crippen molar-refractivity contribution >= 4 is 0 Å². The largest absolute Gasteiger partial charge is 0.0628 e. The molecule has 0 amide bonds. The van der Waals surface area contributed by atoms with Crippen molar-refractivity contribution in [3.63, 3.8) is 0 Å². The highest BCUT2D eigenvalue weighted by Gasteiger charge is 2.13. The van der Waals surface area contributed by atoms with Gasteiger partial charge in [0.15, 0.2) is 0 Å². The monoisotopic (exact) mass is 139 g/mol. The van der Waals surface area contributed by atoms with Gasteiger partial charge in [-0.15, -0.1) is 0 Å². The highest BCUT2D eigenvalue weighted by molar-refractivity contribution is 4.76. The van der Waals surface area contributed by atoms with Crippen LogP contribution in [0.2, 0.25) is 0 Å². The molecule has 0 bridgehead atoms. The van der Waals surface area contributed by atoms with Gasteiger partial charge in [-0.3, -0.25) is 0 Å². The summed E-state index contributed by atoms with van der Waals surface area (Å²) >= 11 is 0. The molecular weight excluding hydrogens is 120 g/mol. The van der Waals surface area contributed by atoms with Crippen LogP contribution in [0.25, 0.3) is 0 Å². The van der Waals surface area contributed by atoms with Crippen LogP contribution in [-0.2, 0) is 0 Å². The molecule has 10 heavy (non-hydrogen) atoms. The fourth-order valence-corrected chi connectivity index (χ4v) is 1.90. The Bertz CT molecular complexity index is 78.0. The first-order chi connectivity index (χ1) is 4.79. The van der Waals surface area contributed by atoms with Crippen LogP contribution in [0.1, 0.15) is 46.0 Å². The fraction of sp³-hybridized carbons (Fsp3) is 0.900. The Morgan fingerprint density at radius 1 is 1.30 bits per heavy atom. The maximum absolute atomic E-state index is 2.44. The summed E-state index contributed by atoms with van der Waals surface area (Å²) in [6.45, 7) is 4.66. The van der Waals surface area contributed by atoms with Crippen molar-refractivity contribution in [3.05, 3.63) is 6.42 Å². The molecule has 1 radical (unpaired) electrons. The molecule has 0 N–H and O–H groups in total. The minimum atomic E-state index is 0.906. The van der Waals surface area contributed by atoms with Gasteiger partial charge in [0.2, 0.25) is 0 Å². The second kappa shape index (κ2) is 4.00. The van der Waals surface area contributed by atoms with Crippen LogP contribution in [-0.4, -0.2) is 0 Å². The predicted octanol–water partition coefficient (Wildman–Crippen LogP) is 3.43. The van der Waals surface area contributed by atoms with Gasteiger partial charge < -0.3 is 0 Å². The van der Waals surface area contributed by atoms with Crippen molar-refractivity contribution in [1.82, 2.24) is 0 Å². The fourth-order valence-electron chi connectivity index (χ4n) is 1.90. The van der Waals surface area contributed by atoms with Crippen molar-refractivity contribution in [2.45, 2.75) is 46.0 Å². The topological polar surface area (TPSA) is 0 Å². The van der Waals surface area contributed by atoms with Gasteiger partial charge in [-0.05, 0) is 37.5 Å². The van der Waals surface area contributed by atoms with Gasteiger partial charge in [0.1, 0.15) is 0 Å². The third kappa shape index (κ3) is 2.72. The molecule has 0 heteroatoms. The molecule has 1 fully saturated rings. The minimum Gasteiger partial charge on any atom is -0.0628 e. The molecule has 0 atom stereocenters. The van der Waals surface area contributed by atoms with Crippen LogP contribution in [0.3, 0.4) is 0 Å². The second-order valence-corrected chi connectivity index (χ2v) is 3.94. The molecule has 0 unspecified atom stereocenters. The van der Waals surface area contributed by atoms with Crippen LogP contribution in [0, 0.1) is 18.3 Å². The maximum atomic E-state index is 2.44. The molecule has 0 saturated heterocycles. The summed E-state index contributed by atoms with van der Waals surface area (Å²) in [5, 5.41) is 0. The summed E-state index contributed by atoms with van der Waals surface area (Å²) in [5.41, 5.74) is 0. The van der Waals surface area contributed by atoms with E-state index in [-0.39, 0.29) is 0 Å². The first-order valence-corrected chi connectivity index (χ1v) is 4.60. The summed E-state index contributed by atoms with van der Waals surface area (Å²) in [6.07, 6.45) is 9.55. The Hall–Kier alpha value is 0. The quantitative estimate of drug-likeness (QED) is 0.550. The van der Waals surface area contributed by atoms with Crippen LogP contribution in [0.4, 0.5) is 0 Å². The summed E-state index contributed by atoms with van der Waals surface area (Å²) in [6, 6.07) is 0. The Morgan fingerprint density at radius 3 is 2.40 bits per heavy atom. The van der Waals surface area contributed by atoms with Crippen molar-refractivity contribution < 1.29 is 0 Å². The van der Waals surface area contributed by atoms with E-state index in [4.69, 9.17) is 0 Å². The molecule has 0 aromatic carbocycles. The SMILES string of the molecule is CC(C)CC1CC[CH]CC1. The maximum Gasteiger partial charge on any atom is -0.0386 e. The van der Waals surface area contributed by atoms with Gasteiger partial charge in [-0.2, -0.15) is 0 Å². The van der Waals surface area contributed by atoms with Crippen LogP contribution < -0.4 is 0 Å². The minimum absolute atomic E-state index is 0.906. The molecule has 1 rings (SSSR count). The average molecular weight is 139 g/mol. The number of rotatable bonds is 2. The van der Waals surface area contributed by atoms with E-state index in [1.54, 1.807) is 0 Å². The van der Waals surface area contributed by atoms with Gasteiger partial charge in [0.25, 0.3) is 0 Å². The van der Waals surface area contributed by atoms with Crippen molar-refractivity contribution in [3.8, 4) is 0 Å². The molecule has 0 spiro atoms. The summed E-state index contributed by atoms with van der Waals surface area (Å²) in [7, 11) is 0. The molecule has 1 saturated carbocycles. The molecule has 1 aliphatic rings. The zero-order valence-electron chi connectivity index (χ0n) is 7.27. The van der Waals surface area contributed by atoms with E-state index in [1.807, 2.05) is 0 Å². The van der Waals surface area contributed by atoms with Crippen LogP contribution in [0.5, 0.6) is 0 Å². The van der Waals surface area contributed by atoms with E-state index in [1.165, 1.54) is 32.1 Å². The Morgan fingerprint density at radius 2 is 1.90 bits per heavy atom. The van der Waals surface area contributed by atoms with Gasteiger partial charge in [-0.1, -0.05) is 26.7 Å². The normalized spacial score (nSPS) is 21.9. The summed E-state index contributed by atoms with van der Waals surface area (Å²) in [4.78, 5) is 0. The molecule has 0 aromatic rings. The Labute approximate surface area is 65.0 Å². The molecule has 59 valence electrons. The molecule has 0 heterocycles. The lowest BCUT2D eigenvalue weighted by Crippen LogP contribution is -2.08. The molecular formula is C10H19. The van der Waals surface area contributed by atoms with E-state index in [9.17, 15) is 0 Å².